The molecule has 3 rings (SSSR count). The summed E-state index contributed by atoms with van der Waals surface area (Å²) >= 11 is 6.38. The van der Waals surface area contributed by atoms with Crippen molar-refractivity contribution in [3.8, 4) is 11.4 Å². The Kier molecular flexibility index (Phi) is 4.81. The molecule has 1 heterocycles. The standard InChI is InChI=1S/C18H15ClN4O2/c1-12-16(17(19)23(22-12)14-7-3-2-4-8-14)11-20-21-18(25)13-6-5-9-15(24)10-13/h2-11,24H,1H3,(H,21,25)/b20-11+. The number of hydrogen-bond acceptors (Lipinski definition) is 4. The molecule has 25 heavy (non-hydrogen) atoms. The summed E-state index contributed by atoms with van der Waals surface area (Å²) in [6.45, 7) is 1.81. The monoisotopic (exact) mass is 354 g/mol. The average molecular weight is 355 g/mol. The molecular formula is C18H15ClN4O2. The van der Waals surface area contributed by atoms with Crippen LogP contribution in [0.2, 0.25) is 5.15 Å². The molecular weight excluding hydrogens is 340 g/mol. The highest BCUT2D eigenvalue weighted by molar-refractivity contribution is 6.32. The summed E-state index contributed by atoms with van der Waals surface area (Å²) in [5.41, 5.74) is 4.84. The number of nitrogens with one attached hydrogen (secondary N) is 1. The molecule has 0 radical (unpaired) electrons. The van der Waals surface area contributed by atoms with Crippen molar-refractivity contribution < 1.29 is 9.90 Å². The number of phenolic OH excluding ortho intramolecular Hbond substituents is 1. The van der Waals surface area contributed by atoms with Crippen molar-refractivity contribution in [3.63, 3.8) is 0 Å². The lowest BCUT2D eigenvalue weighted by atomic mass is 10.2. The third-order valence-corrected chi connectivity index (χ3v) is 3.88. The van der Waals surface area contributed by atoms with Gasteiger partial charge in [0.25, 0.3) is 5.91 Å². The van der Waals surface area contributed by atoms with Crippen LogP contribution < -0.4 is 5.43 Å². The van der Waals surface area contributed by atoms with E-state index in [1.165, 1.54) is 18.3 Å². The molecule has 0 aliphatic carbocycles. The van der Waals surface area contributed by atoms with Crippen molar-refractivity contribution in [2.75, 3.05) is 0 Å². The Bertz CT molecular complexity index is 936. The number of nitrogens with zero attached hydrogens (tertiary/aromatic N) is 3. The van der Waals surface area contributed by atoms with Crippen LogP contribution in [0.3, 0.4) is 0 Å². The SMILES string of the molecule is Cc1nn(-c2ccccc2)c(Cl)c1/C=N/NC(=O)c1cccc(O)c1. The number of hydrogen-bond donors (Lipinski definition) is 2. The van der Waals surface area contributed by atoms with Gasteiger partial charge in [0.15, 0.2) is 0 Å². The molecule has 2 N–H and O–H groups in total. The highest BCUT2D eigenvalue weighted by Gasteiger charge is 2.13. The molecule has 0 fully saturated rings. The smallest absolute Gasteiger partial charge is 0.271 e. The molecule has 0 spiro atoms. The van der Waals surface area contributed by atoms with Gasteiger partial charge in [-0.2, -0.15) is 10.2 Å². The number of halogens is 1. The summed E-state index contributed by atoms with van der Waals surface area (Å²) in [4.78, 5) is 12.0. The number of amides is 1. The zero-order chi connectivity index (χ0) is 17.8. The van der Waals surface area contributed by atoms with Crippen molar-refractivity contribution in [2.45, 2.75) is 6.92 Å². The number of carbonyl (C=O) groups is 1. The van der Waals surface area contributed by atoms with Crippen molar-refractivity contribution >= 4 is 23.7 Å². The number of para-hydroxylation sites is 1. The summed E-state index contributed by atoms with van der Waals surface area (Å²) in [6.07, 6.45) is 1.45. The highest BCUT2D eigenvalue weighted by atomic mass is 35.5. The maximum Gasteiger partial charge on any atom is 0.271 e. The van der Waals surface area contributed by atoms with Gasteiger partial charge < -0.3 is 5.11 Å². The Hall–Kier alpha value is -3.12. The number of carbonyl (C=O) groups excluding carboxylic acids is 1. The Balaban J connectivity index is 1.78. The van der Waals surface area contributed by atoms with Crippen LogP contribution in [0.25, 0.3) is 5.69 Å². The number of phenols is 1. The fourth-order valence-electron chi connectivity index (χ4n) is 2.27. The molecule has 6 nitrogen and oxygen atoms in total. The molecule has 0 aliphatic heterocycles. The molecule has 0 bridgehead atoms. The van der Waals surface area contributed by atoms with Crippen molar-refractivity contribution in [1.82, 2.24) is 15.2 Å². The first kappa shape index (κ1) is 16.7. The van der Waals surface area contributed by atoms with E-state index in [4.69, 9.17) is 11.6 Å². The quantitative estimate of drug-likeness (QED) is 0.557. The van der Waals surface area contributed by atoms with Gasteiger partial charge in [-0.3, -0.25) is 4.79 Å². The Labute approximate surface area is 149 Å². The predicted octanol–water partition coefficient (Wildman–Crippen LogP) is 3.30. The lowest BCUT2D eigenvalue weighted by molar-refractivity contribution is 0.0954. The van der Waals surface area contributed by atoms with E-state index < -0.39 is 5.91 Å². The second-order valence-electron chi connectivity index (χ2n) is 5.29. The third-order valence-electron chi connectivity index (χ3n) is 3.52. The molecule has 2 aromatic carbocycles. The number of rotatable bonds is 4. The van der Waals surface area contributed by atoms with Gasteiger partial charge in [-0.05, 0) is 37.3 Å². The Morgan fingerprint density at radius 1 is 1.24 bits per heavy atom. The summed E-state index contributed by atoms with van der Waals surface area (Å²) in [6, 6.07) is 15.5. The van der Waals surface area contributed by atoms with Gasteiger partial charge >= 0.3 is 0 Å². The molecule has 3 aromatic rings. The maximum absolute atomic E-state index is 12.0. The largest absolute Gasteiger partial charge is 0.508 e. The Morgan fingerprint density at radius 2 is 2.00 bits per heavy atom. The lowest BCUT2D eigenvalue weighted by Gasteiger charge is -2.02. The summed E-state index contributed by atoms with van der Waals surface area (Å²) in [5.74, 6) is -0.420. The van der Waals surface area contributed by atoms with Crippen LogP contribution in [0.15, 0.2) is 59.7 Å². The first-order valence-corrected chi connectivity index (χ1v) is 7.87. The normalized spacial score (nSPS) is 11.0. The van der Waals surface area contributed by atoms with E-state index in [-0.39, 0.29) is 5.75 Å². The van der Waals surface area contributed by atoms with Crippen LogP contribution >= 0.6 is 11.6 Å². The van der Waals surface area contributed by atoms with Crippen LogP contribution in [0.5, 0.6) is 5.75 Å². The minimum Gasteiger partial charge on any atom is -0.508 e. The van der Waals surface area contributed by atoms with Gasteiger partial charge in [0, 0.05) is 5.56 Å². The van der Waals surface area contributed by atoms with E-state index >= 15 is 0 Å². The van der Waals surface area contributed by atoms with Gasteiger partial charge in [0.2, 0.25) is 0 Å². The van der Waals surface area contributed by atoms with Crippen LogP contribution in [0.1, 0.15) is 21.6 Å². The summed E-state index contributed by atoms with van der Waals surface area (Å²) in [5, 5.41) is 18.1. The second kappa shape index (κ2) is 7.19. The number of aromatic hydroxyl groups is 1. The van der Waals surface area contributed by atoms with E-state index in [2.05, 4.69) is 15.6 Å². The summed E-state index contributed by atoms with van der Waals surface area (Å²) in [7, 11) is 0. The van der Waals surface area contributed by atoms with Crippen LogP contribution in [0, 0.1) is 6.92 Å². The average Bonchev–Trinajstić information content (AvgIpc) is 2.90. The van der Waals surface area contributed by atoms with Gasteiger partial charge in [-0.25, -0.2) is 10.1 Å². The van der Waals surface area contributed by atoms with Gasteiger partial charge in [-0.15, -0.1) is 0 Å². The van der Waals surface area contributed by atoms with E-state index in [1.807, 2.05) is 37.3 Å². The van der Waals surface area contributed by atoms with E-state index in [9.17, 15) is 9.90 Å². The first-order chi connectivity index (χ1) is 12.1. The van der Waals surface area contributed by atoms with Crippen molar-refractivity contribution in [3.05, 3.63) is 76.6 Å². The maximum atomic E-state index is 12.0. The third kappa shape index (κ3) is 3.70. The Morgan fingerprint density at radius 3 is 2.72 bits per heavy atom. The van der Waals surface area contributed by atoms with E-state index in [1.54, 1.807) is 16.8 Å². The van der Waals surface area contributed by atoms with Crippen molar-refractivity contribution in [1.29, 1.82) is 0 Å². The molecule has 126 valence electrons. The number of aryl methyl sites for hydroxylation is 1. The van der Waals surface area contributed by atoms with E-state index in [0.717, 1.165) is 5.69 Å². The number of aromatic nitrogens is 2. The number of benzene rings is 2. The fraction of sp³-hybridized carbons (Fsp3) is 0.0556. The van der Waals surface area contributed by atoms with E-state index in [0.29, 0.717) is 22.0 Å². The number of hydrazone groups is 1. The minimum atomic E-state index is -0.434. The first-order valence-electron chi connectivity index (χ1n) is 7.49. The van der Waals surface area contributed by atoms with Gasteiger partial charge in [0.05, 0.1) is 23.2 Å². The molecule has 1 amide bonds. The summed E-state index contributed by atoms with van der Waals surface area (Å²) < 4.78 is 1.61. The van der Waals surface area contributed by atoms with Gasteiger partial charge in [0.1, 0.15) is 10.9 Å². The lowest BCUT2D eigenvalue weighted by Crippen LogP contribution is -2.17. The molecule has 0 saturated carbocycles. The second-order valence-corrected chi connectivity index (χ2v) is 5.64. The van der Waals surface area contributed by atoms with Crippen LogP contribution in [-0.4, -0.2) is 27.0 Å². The fourth-order valence-corrected chi connectivity index (χ4v) is 2.59. The molecule has 0 atom stereocenters. The van der Waals surface area contributed by atoms with Gasteiger partial charge in [-0.1, -0.05) is 35.9 Å². The molecule has 7 heteroatoms. The predicted molar refractivity (Wildman–Crippen MR) is 96.5 cm³/mol. The van der Waals surface area contributed by atoms with Crippen molar-refractivity contribution in [2.24, 2.45) is 5.10 Å². The zero-order valence-electron chi connectivity index (χ0n) is 13.3. The molecule has 0 unspecified atom stereocenters. The van der Waals surface area contributed by atoms with Crippen LogP contribution in [-0.2, 0) is 0 Å². The highest BCUT2D eigenvalue weighted by Crippen LogP contribution is 2.21. The molecule has 0 saturated heterocycles. The topological polar surface area (TPSA) is 79.5 Å². The van der Waals surface area contributed by atoms with Crippen LogP contribution in [0.4, 0.5) is 0 Å². The zero-order valence-corrected chi connectivity index (χ0v) is 14.1. The molecule has 0 aliphatic rings. The minimum absolute atomic E-state index is 0.0136. The molecule has 1 aromatic heterocycles.